The SMILES string of the molecule is CCC1CCN2CC[C@H](CSC3CCN4CC[C@H](CSC5CCN6CC[C@H](CSC7CC(=O)N(CCCC(=O)CCCCCC8=C9C[C@@H](C)C[C@H](C)[C@H](O)[C@@H](C)/C=C(\C)[C@H](OC(C)=O)[C@@H](C)/C=C\C=C(/C)C(=O)NC(=CC8=O)C9=O)C7=O)NC6=N5)NC4=N3)NC2=N1. The Labute approximate surface area is 552 Å². The van der Waals surface area contributed by atoms with Crippen LogP contribution in [0.15, 0.2) is 73.3 Å². The van der Waals surface area contributed by atoms with Gasteiger partial charge in [0.25, 0.3) is 5.91 Å². The molecule has 0 aromatic rings. The van der Waals surface area contributed by atoms with E-state index in [-0.39, 0.29) is 95.3 Å². The zero-order chi connectivity index (χ0) is 64.9. The summed E-state index contributed by atoms with van der Waals surface area (Å²) < 4.78 is 5.71. The smallest absolute Gasteiger partial charge is 0.303 e. The molecule has 3 amide bonds. The maximum Gasteiger partial charge on any atom is 0.303 e. The molecule has 9 rings (SSSR count). The summed E-state index contributed by atoms with van der Waals surface area (Å²) in [5, 5.41) is 25.4. The Morgan fingerprint density at radius 1 is 0.714 bits per heavy atom. The third kappa shape index (κ3) is 19.2. The van der Waals surface area contributed by atoms with Crippen LogP contribution in [0.4, 0.5) is 0 Å². The number of imide groups is 1. The Bertz CT molecular complexity index is 2940. The van der Waals surface area contributed by atoms with Crippen molar-refractivity contribution in [2.45, 2.75) is 217 Å². The normalized spacial score (nSPS) is 32.6. The monoisotopic (exact) mass is 1310 g/mol. The summed E-state index contributed by atoms with van der Waals surface area (Å²) in [4.78, 5) is 117. The minimum Gasteiger partial charge on any atom is -0.457 e. The number of esters is 1. The molecular weight excluding hydrogens is 1210 g/mol. The van der Waals surface area contributed by atoms with E-state index in [2.05, 4.69) is 42.9 Å². The molecule has 0 aromatic carbocycles. The topological polar surface area (TPSA) is 247 Å². The first kappa shape index (κ1) is 69.9. The first-order valence-corrected chi connectivity index (χ1v) is 37.1. The van der Waals surface area contributed by atoms with E-state index in [9.17, 15) is 38.7 Å². The summed E-state index contributed by atoms with van der Waals surface area (Å²) in [5.74, 6) is 2.94. The number of carbonyl (C=O) groups excluding carboxylic acids is 7. The highest BCUT2D eigenvalue weighted by atomic mass is 32.2. The van der Waals surface area contributed by atoms with Crippen LogP contribution in [0.2, 0.25) is 0 Å². The van der Waals surface area contributed by atoms with Crippen LogP contribution in [0, 0.1) is 23.7 Å². The van der Waals surface area contributed by atoms with Crippen LogP contribution in [0.5, 0.6) is 0 Å². The molecule has 500 valence electrons. The van der Waals surface area contributed by atoms with Crippen LogP contribution in [0.3, 0.4) is 0 Å². The molecule has 91 heavy (non-hydrogen) atoms. The van der Waals surface area contributed by atoms with E-state index in [1.54, 1.807) is 19.1 Å². The van der Waals surface area contributed by atoms with Crippen LogP contribution < -0.4 is 21.3 Å². The van der Waals surface area contributed by atoms with Crippen molar-refractivity contribution in [3.63, 3.8) is 0 Å². The number of amides is 3. The lowest BCUT2D eigenvalue weighted by molar-refractivity contribution is -0.146. The molecule has 0 spiro atoms. The maximum absolute atomic E-state index is 14.2. The number of ketones is 3. The summed E-state index contributed by atoms with van der Waals surface area (Å²) in [6, 6.07) is 1.35. The maximum atomic E-state index is 14.2. The number of aliphatic hydroxyl groups is 1. The van der Waals surface area contributed by atoms with Gasteiger partial charge in [0.05, 0.1) is 23.1 Å². The molecule has 9 aliphatic rings. The Morgan fingerprint density at radius 2 is 1.30 bits per heavy atom. The average molecular weight is 1310 g/mol. The lowest BCUT2D eigenvalue weighted by Gasteiger charge is -2.41. The minimum absolute atomic E-state index is 0.0471. The first-order chi connectivity index (χ1) is 43.7. The van der Waals surface area contributed by atoms with Crippen molar-refractivity contribution in [1.82, 2.24) is 40.9 Å². The number of allylic oxidation sites excluding steroid dienone is 5. The fourth-order valence-corrected chi connectivity index (χ4v) is 17.5. The van der Waals surface area contributed by atoms with E-state index >= 15 is 0 Å². The molecule has 23 heteroatoms. The van der Waals surface area contributed by atoms with Crippen molar-refractivity contribution in [2.24, 2.45) is 38.6 Å². The van der Waals surface area contributed by atoms with Crippen LogP contribution in [0.1, 0.15) is 165 Å². The van der Waals surface area contributed by atoms with Crippen LogP contribution >= 0.6 is 35.3 Å². The lowest BCUT2D eigenvalue weighted by atomic mass is 9.80. The Balaban J connectivity index is 0.681. The number of hydrogen-bond acceptors (Lipinski definition) is 21. The number of likely N-dealkylation sites (tertiary alicyclic amines) is 1. The number of nitrogens with one attached hydrogen (secondary N) is 4. The fraction of sp³-hybridized carbons (Fsp3) is 0.706. The summed E-state index contributed by atoms with van der Waals surface area (Å²) in [7, 11) is 0. The number of thioether (sulfide) groups is 3. The molecule has 8 heterocycles. The summed E-state index contributed by atoms with van der Waals surface area (Å²) in [5.41, 5.74) is 1.80. The first-order valence-electron chi connectivity index (χ1n) is 33.9. The number of hydrogen-bond donors (Lipinski definition) is 5. The summed E-state index contributed by atoms with van der Waals surface area (Å²) in [6.45, 7) is 21.2. The summed E-state index contributed by atoms with van der Waals surface area (Å²) in [6.07, 6.45) is 18.5. The zero-order valence-corrected chi connectivity index (χ0v) is 57.5. The molecule has 0 saturated carbocycles. The molecule has 20 nitrogen and oxygen atoms in total. The van der Waals surface area contributed by atoms with Gasteiger partial charge in [0, 0.05) is 142 Å². The van der Waals surface area contributed by atoms with Gasteiger partial charge < -0.3 is 45.8 Å². The Kier molecular flexibility index (Phi) is 25.5. The second-order valence-electron chi connectivity index (χ2n) is 26.9. The van der Waals surface area contributed by atoms with Crippen molar-refractivity contribution >= 4 is 94.2 Å². The molecule has 13 atom stereocenters. The number of aliphatic hydroxyl groups excluding tert-OH is 1. The van der Waals surface area contributed by atoms with Crippen molar-refractivity contribution in [1.29, 1.82) is 0 Å². The number of rotatable bonds is 21. The quantitative estimate of drug-likeness (QED) is 0.0241. The standard InChI is InChI=1S/C68H101N11O9S3/c1-9-48-20-27-76-28-22-50(70-66(76)69-48)39-90-59-25-32-78-30-23-51(72-68(78)75-59)40-91-58-24-31-77-29-21-49(71-67(77)74-58)38-89-57-37-60(83)79(65(57)87)26-14-18-52(81)17-11-10-12-19-53-54-34-41(2)33-44(5)61(84)45(6)35-46(7)63(88-47(8)80)42(3)15-13-16-43(4)64(86)73-55(62(54)85)36-56(53)82/h13,15-16,35-36,41-42,44-45,48-51,57-59,61,63,84H,9-12,14,17-34,37-40H2,1-8H3,(H,69,70)(H,71,74)(H,72,75)(H,73,86)/b15-13-,43-16+,46-35+/t41-,42-,44-,45-,48?,49+,50+,51+,57?,58?,59?,61-,63+/m0/s1. The lowest BCUT2D eigenvalue weighted by Crippen LogP contribution is -2.57. The Morgan fingerprint density at radius 3 is 1.91 bits per heavy atom. The van der Waals surface area contributed by atoms with Gasteiger partial charge in [-0.1, -0.05) is 65.3 Å². The van der Waals surface area contributed by atoms with Crippen molar-refractivity contribution in [2.75, 3.05) is 63.1 Å². The number of aliphatic imine (C=N–C) groups is 3. The molecule has 4 saturated heterocycles. The van der Waals surface area contributed by atoms with Crippen molar-refractivity contribution < 1.29 is 43.4 Å². The number of nitrogens with zero attached hydrogens (tertiary/aromatic N) is 7. The van der Waals surface area contributed by atoms with Gasteiger partial charge in [0.1, 0.15) is 22.6 Å². The van der Waals surface area contributed by atoms with Gasteiger partial charge in [-0.05, 0) is 115 Å². The van der Waals surface area contributed by atoms with E-state index in [4.69, 9.17) is 19.7 Å². The van der Waals surface area contributed by atoms with E-state index in [0.717, 1.165) is 119 Å². The molecule has 4 unspecified atom stereocenters. The number of carbonyl (C=O) groups is 7. The molecule has 1 aliphatic carbocycles. The largest absolute Gasteiger partial charge is 0.457 e. The molecule has 5 N–H and O–H groups in total. The highest BCUT2D eigenvalue weighted by molar-refractivity contribution is 8.00. The predicted molar refractivity (Wildman–Crippen MR) is 364 cm³/mol. The van der Waals surface area contributed by atoms with E-state index in [1.807, 2.05) is 70.3 Å². The third-order valence-electron chi connectivity index (χ3n) is 19.4. The van der Waals surface area contributed by atoms with Gasteiger partial charge in [-0.15, -0.1) is 35.3 Å². The molecular formula is C68H101N11O9S3. The van der Waals surface area contributed by atoms with Gasteiger partial charge in [0.2, 0.25) is 17.6 Å². The highest BCUT2D eigenvalue weighted by Crippen LogP contribution is 2.35. The van der Waals surface area contributed by atoms with Gasteiger partial charge in [0.15, 0.2) is 23.7 Å². The van der Waals surface area contributed by atoms with E-state index in [1.165, 1.54) is 29.7 Å². The number of ether oxygens (including phenoxy) is 1. The second kappa shape index (κ2) is 33.1. The predicted octanol–water partition coefficient (Wildman–Crippen LogP) is 7.84. The van der Waals surface area contributed by atoms with Crippen LogP contribution in [-0.4, -0.2) is 199 Å². The molecule has 8 aliphatic heterocycles. The number of guanidine groups is 3. The zero-order valence-electron chi connectivity index (χ0n) is 55.1. The number of Topliss-reactive ketones (excluding diaryl/α,β-unsaturated/α-hetero) is 2. The number of fused-ring (bicyclic) bond motifs is 5. The van der Waals surface area contributed by atoms with Gasteiger partial charge in [-0.25, -0.2) is 15.0 Å². The van der Waals surface area contributed by atoms with Gasteiger partial charge in [-0.3, -0.25) is 38.5 Å². The van der Waals surface area contributed by atoms with Crippen molar-refractivity contribution in [3.05, 3.63) is 58.4 Å². The van der Waals surface area contributed by atoms with Crippen LogP contribution in [-0.2, 0) is 38.3 Å². The van der Waals surface area contributed by atoms with Gasteiger partial charge in [-0.2, -0.15) is 0 Å². The third-order valence-corrected chi connectivity index (χ3v) is 23.4. The van der Waals surface area contributed by atoms with Crippen LogP contribution in [0.25, 0.3) is 0 Å². The fourth-order valence-electron chi connectivity index (χ4n) is 14.0. The van der Waals surface area contributed by atoms with Gasteiger partial charge >= 0.3 is 5.97 Å². The van der Waals surface area contributed by atoms with Crippen molar-refractivity contribution in [3.8, 4) is 0 Å². The minimum atomic E-state index is -0.737. The Hall–Kier alpha value is -5.39. The second-order valence-corrected chi connectivity index (χ2v) is 30.6. The van der Waals surface area contributed by atoms with E-state index in [0.29, 0.717) is 85.5 Å². The molecule has 0 radical (unpaired) electrons. The molecule has 2 bridgehead atoms. The number of unbranched alkanes of at least 4 members (excludes halogenated alkanes) is 2. The molecule has 0 aromatic heterocycles. The highest BCUT2D eigenvalue weighted by Gasteiger charge is 2.40. The summed E-state index contributed by atoms with van der Waals surface area (Å²) >= 11 is 5.44. The average Bonchev–Trinajstić information content (AvgIpc) is 2.77. The van der Waals surface area contributed by atoms with E-state index < -0.39 is 35.1 Å². The molecule has 4 fully saturated rings.